The summed E-state index contributed by atoms with van der Waals surface area (Å²) >= 11 is 0. The maximum atomic E-state index is 8.76. The molecular weight excluding hydrogens is 316 g/mol. The topological polar surface area (TPSA) is 94.8 Å². The van der Waals surface area contributed by atoms with Crippen molar-refractivity contribution in [2.45, 2.75) is 97.3 Å². The van der Waals surface area contributed by atoms with Gasteiger partial charge in [-0.25, -0.2) is 0 Å². The van der Waals surface area contributed by atoms with Gasteiger partial charge in [0.25, 0.3) is 0 Å². The second kappa shape index (κ2) is 18.2. The zero-order valence-corrected chi connectivity index (χ0v) is 15.9. The lowest BCUT2D eigenvalue weighted by Crippen LogP contribution is -1.96. The second-order valence-corrected chi connectivity index (χ2v) is 7.29. The Labute approximate surface area is 143 Å². The molecule has 5 nitrogen and oxygen atoms in total. The van der Waals surface area contributed by atoms with E-state index in [4.69, 9.17) is 22.6 Å². The fraction of sp³-hybridized carbons (Fsp3) is 1.00. The first-order valence-electron chi connectivity index (χ1n) is 9.12. The molecule has 0 saturated heterocycles. The van der Waals surface area contributed by atoms with Crippen LogP contribution in [-0.2, 0) is 10.4 Å². The van der Waals surface area contributed by atoms with Gasteiger partial charge in [0, 0.05) is 6.61 Å². The van der Waals surface area contributed by atoms with Gasteiger partial charge in [0.05, 0.1) is 0 Å². The van der Waals surface area contributed by atoms with Crippen LogP contribution >= 0.6 is 0 Å². The highest BCUT2D eigenvalue weighted by atomic mass is 32.3. The van der Waals surface area contributed by atoms with E-state index < -0.39 is 10.4 Å². The van der Waals surface area contributed by atoms with E-state index in [1.54, 1.807) is 0 Å². The summed E-state index contributed by atoms with van der Waals surface area (Å²) < 4.78 is 31.6. The number of aliphatic hydroxyl groups is 1. The van der Waals surface area contributed by atoms with Crippen molar-refractivity contribution in [2.75, 3.05) is 6.61 Å². The Bertz CT molecular complexity index is 309. The zero-order chi connectivity index (χ0) is 18.0. The normalized spacial score (nSPS) is 12.6. The minimum atomic E-state index is -4.67. The summed E-state index contributed by atoms with van der Waals surface area (Å²) in [4.78, 5) is 0. The number of hydrogen-bond donors (Lipinski definition) is 3. The minimum absolute atomic E-state index is 0.363. The average Bonchev–Trinajstić information content (AvgIpc) is 2.45. The van der Waals surface area contributed by atoms with Gasteiger partial charge in [-0.05, 0) is 18.8 Å². The molecule has 0 aliphatic heterocycles. The van der Waals surface area contributed by atoms with Crippen molar-refractivity contribution in [3.63, 3.8) is 0 Å². The van der Waals surface area contributed by atoms with Crippen LogP contribution in [0.3, 0.4) is 0 Å². The molecule has 0 rings (SSSR count). The van der Waals surface area contributed by atoms with Crippen LogP contribution in [0.15, 0.2) is 0 Å². The maximum absolute atomic E-state index is 8.76. The molecule has 0 amide bonds. The molecule has 6 heteroatoms. The van der Waals surface area contributed by atoms with Gasteiger partial charge in [-0.15, -0.1) is 0 Å². The third-order valence-corrected chi connectivity index (χ3v) is 3.91. The van der Waals surface area contributed by atoms with Crippen LogP contribution in [0.5, 0.6) is 0 Å². The molecule has 0 fully saturated rings. The van der Waals surface area contributed by atoms with E-state index in [9.17, 15) is 0 Å². The summed E-state index contributed by atoms with van der Waals surface area (Å²) in [7, 11) is -4.67. The van der Waals surface area contributed by atoms with Crippen molar-refractivity contribution in [3.8, 4) is 0 Å². The van der Waals surface area contributed by atoms with Crippen molar-refractivity contribution < 1.29 is 22.6 Å². The third kappa shape index (κ3) is 34.3. The lowest BCUT2D eigenvalue weighted by atomic mass is 9.97. The van der Waals surface area contributed by atoms with E-state index in [1.807, 2.05) is 0 Å². The molecule has 3 N–H and O–H groups in total. The zero-order valence-electron chi connectivity index (χ0n) is 15.0. The summed E-state index contributed by atoms with van der Waals surface area (Å²) in [6.45, 7) is 4.97. The summed E-state index contributed by atoms with van der Waals surface area (Å²) in [6.07, 6.45) is 17.8. The van der Waals surface area contributed by atoms with E-state index in [-0.39, 0.29) is 0 Å². The predicted molar refractivity (Wildman–Crippen MR) is 96.1 cm³/mol. The van der Waals surface area contributed by atoms with Gasteiger partial charge in [0.2, 0.25) is 0 Å². The maximum Gasteiger partial charge on any atom is 0.394 e. The summed E-state index contributed by atoms with van der Waals surface area (Å²) in [5.74, 6) is 0.811. The summed E-state index contributed by atoms with van der Waals surface area (Å²) in [5.41, 5.74) is 0. The van der Waals surface area contributed by atoms with E-state index in [0.717, 1.165) is 12.3 Å². The highest BCUT2D eigenvalue weighted by Crippen LogP contribution is 2.16. The van der Waals surface area contributed by atoms with Gasteiger partial charge >= 0.3 is 10.4 Å². The largest absolute Gasteiger partial charge is 0.396 e. The third-order valence-electron chi connectivity index (χ3n) is 3.91. The Kier molecular flexibility index (Phi) is 19.8. The van der Waals surface area contributed by atoms with Crippen LogP contribution in [-0.4, -0.2) is 29.2 Å². The molecule has 1 unspecified atom stereocenters. The fourth-order valence-electron chi connectivity index (χ4n) is 2.56. The van der Waals surface area contributed by atoms with Crippen molar-refractivity contribution in [3.05, 3.63) is 0 Å². The van der Waals surface area contributed by atoms with Crippen molar-refractivity contribution in [1.82, 2.24) is 0 Å². The van der Waals surface area contributed by atoms with Crippen LogP contribution in [0.4, 0.5) is 0 Å². The molecule has 142 valence electrons. The lowest BCUT2D eigenvalue weighted by Gasteiger charge is -2.09. The first kappa shape index (κ1) is 25.1. The average molecular weight is 355 g/mol. The van der Waals surface area contributed by atoms with Crippen LogP contribution < -0.4 is 0 Å². The Morgan fingerprint density at radius 3 is 1.48 bits per heavy atom. The van der Waals surface area contributed by atoms with Gasteiger partial charge in [0.15, 0.2) is 0 Å². The minimum Gasteiger partial charge on any atom is -0.396 e. The van der Waals surface area contributed by atoms with Crippen LogP contribution in [0.2, 0.25) is 0 Å². The molecule has 23 heavy (non-hydrogen) atoms. The second-order valence-electron chi connectivity index (χ2n) is 6.39. The number of rotatable bonds is 14. The molecule has 1 atom stereocenters. The van der Waals surface area contributed by atoms with Crippen molar-refractivity contribution in [2.24, 2.45) is 5.92 Å². The Hall–Kier alpha value is -0.170. The molecule has 0 aromatic heterocycles. The van der Waals surface area contributed by atoms with Crippen LogP contribution in [0.1, 0.15) is 97.3 Å². The molecule has 0 aliphatic carbocycles. The highest BCUT2D eigenvalue weighted by Gasteiger charge is 2.01. The molecule has 0 aliphatic rings. The molecule has 0 radical (unpaired) electrons. The standard InChI is InChI=1S/C17H36O.H2O4S/c1-3-4-5-6-7-8-9-10-11-12-14-17(2)15-13-16-18;1-5(2,3)4/h17-18H,3-16H2,1-2H3;(H2,1,2,3,4). The molecule has 0 bridgehead atoms. The number of aliphatic hydroxyl groups excluding tert-OH is 1. The monoisotopic (exact) mass is 354 g/mol. The quantitative estimate of drug-likeness (QED) is 0.299. The van der Waals surface area contributed by atoms with Crippen LogP contribution in [0, 0.1) is 5.92 Å². The Balaban J connectivity index is 0. The van der Waals surface area contributed by atoms with E-state index in [1.165, 1.54) is 77.0 Å². The predicted octanol–water partition coefficient (Wildman–Crippen LogP) is 5.05. The van der Waals surface area contributed by atoms with Gasteiger partial charge in [-0.3, -0.25) is 9.11 Å². The first-order chi connectivity index (χ1) is 10.8. The van der Waals surface area contributed by atoms with Gasteiger partial charge in [-0.1, -0.05) is 84.5 Å². The fourth-order valence-corrected chi connectivity index (χ4v) is 2.56. The SMILES string of the molecule is CCCCCCCCCCCCC(C)CCCO.O=S(=O)(O)O. The van der Waals surface area contributed by atoms with E-state index in [0.29, 0.717) is 6.61 Å². The van der Waals surface area contributed by atoms with Gasteiger partial charge < -0.3 is 5.11 Å². The van der Waals surface area contributed by atoms with Crippen molar-refractivity contribution >= 4 is 10.4 Å². The van der Waals surface area contributed by atoms with Crippen molar-refractivity contribution in [1.29, 1.82) is 0 Å². The number of unbranched alkanes of at least 4 members (excludes halogenated alkanes) is 9. The molecular formula is C17H38O5S. The molecule has 0 aromatic rings. The smallest absolute Gasteiger partial charge is 0.394 e. The molecule has 0 heterocycles. The van der Waals surface area contributed by atoms with Gasteiger partial charge in [-0.2, -0.15) is 8.42 Å². The lowest BCUT2D eigenvalue weighted by molar-refractivity contribution is 0.270. The highest BCUT2D eigenvalue weighted by molar-refractivity contribution is 7.79. The molecule has 0 spiro atoms. The summed E-state index contributed by atoms with van der Waals surface area (Å²) in [6, 6.07) is 0. The number of hydrogen-bond acceptors (Lipinski definition) is 3. The molecule has 0 saturated carbocycles. The van der Waals surface area contributed by atoms with E-state index in [2.05, 4.69) is 13.8 Å². The van der Waals surface area contributed by atoms with Gasteiger partial charge in [0.1, 0.15) is 0 Å². The van der Waals surface area contributed by atoms with Crippen LogP contribution in [0.25, 0.3) is 0 Å². The Morgan fingerprint density at radius 1 is 0.739 bits per heavy atom. The molecule has 0 aromatic carbocycles. The van der Waals surface area contributed by atoms with E-state index >= 15 is 0 Å². The Morgan fingerprint density at radius 2 is 1.09 bits per heavy atom. The summed E-state index contributed by atoms with van der Waals surface area (Å²) in [5, 5.41) is 8.76. The first-order valence-corrected chi connectivity index (χ1v) is 10.5.